The van der Waals surface area contributed by atoms with Crippen LogP contribution in [0.5, 0.6) is 0 Å². The van der Waals surface area contributed by atoms with E-state index in [-0.39, 0.29) is 5.91 Å². The molecule has 1 aliphatic rings. The van der Waals surface area contributed by atoms with Crippen molar-refractivity contribution in [3.05, 3.63) is 95.3 Å². The predicted molar refractivity (Wildman–Crippen MR) is 147 cm³/mol. The zero-order valence-electron chi connectivity index (χ0n) is 21.1. The van der Waals surface area contributed by atoms with Crippen LogP contribution in [-0.2, 0) is 19.6 Å². The van der Waals surface area contributed by atoms with Crippen LogP contribution >= 0.6 is 0 Å². The van der Waals surface area contributed by atoms with Crippen LogP contribution in [0.15, 0.2) is 72.9 Å². The van der Waals surface area contributed by atoms with Crippen molar-refractivity contribution in [2.75, 3.05) is 18.4 Å². The lowest BCUT2D eigenvalue weighted by molar-refractivity contribution is 0.0951. The summed E-state index contributed by atoms with van der Waals surface area (Å²) in [5.74, 6) is -0.0910. The van der Waals surface area contributed by atoms with E-state index in [2.05, 4.69) is 50.5 Å². The number of anilines is 1. The highest BCUT2D eigenvalue weighted by molar-refractivity contribution is 5.99. The lowest BCUT2D eigenvalue weighted by Crippen LogP contribution is -2.33. The van der Waals surface area contributed by atoms with Crippen LogP contribution in [0.4, 0.5) is 5.69 Å². The Labute approximate surface area is 215 Å². The second-order valence-electron chi connectivity index (χ2n) is 9.54. The molecule has 1 saturated carbocycles. The number of hydrogen-bond acceptors (Lipinski definition) is 5. The minimum atomic E-state index is -0.0910. The third kappa shape index (κ3) is 8.47. The number of amides is 1. The molecule has 4 N–H and O–H groups in total. The lowest BCUT2D eigenvalue weighted by atomic mass is 9.95. The van der Waals surface area contributed by atoms with Crippen LogP contribution in [-0.4, -0.2) is 30.0 Å². The van der Waals surface area contributed by atoms with Crippen molar-refractivity contribution in [1.29, 1.82) is 0 Å². The number of rotatable bonds is 13. The van der Waals surface area contributed by atoms with Crippen LogP contribution in [0, 0.1) is 0 Å². The van der Waals surface area contributed by atoms with Gasteiger partial charge < -0.3 is 21.3 Å². The number of benzene rings is 2. The van der Waals surface area contributed by atoms with E-state index in [9.17, 15) is 4.79 Å². The predicted octanol–water partition coefficient (Wildman–Crippen LogP) is 5.03. The molecule has 190 valence electrons. The van der Waals surface area contributed by atoms with Crippen molar-refractivity contribution in [3.8, 4) is 0 Å². The molecule has 1 heterocycles. The third-order valence-electron chi connectivity index (χ3n) is 6.73. The van der Waals surface area contributed by atoms with E-state index < -0.39 is 0 Å². The average Bonchev–Trinajstić information content (AvgIpc) is 2.94. The second kappa shape index (κ2) is 14.4. The topological polar surface area (TPSA) is 78.1 Å². The van der Waals surface area contributed by atoms with Gasteiger partial charge in [0.25, 0.3) is 5.91 Å². The number of nitrogens with one attached hydrogen (secondary N) is 4. The fraction of sp³-hybridized carbons (Fsp3) is 0.400. The maximum Gasteiger partial charge on any atom is 0.253 e. The van der Waals surface area contributed by atoms with E-state index in [0.29, 0.717) is 18.7 Å². The Morgan fingerprint density at radius 2 is 1.56 bits per heavy atom. The fourth-order valence-corrected chi connectivity index (χ4v) is 4.64. The number of nitrogens with zero attached hydrogens (tertiary/aromatic N) is 1. The summed E-state index contributed by atoms with van der Waals surface area (Å²) in [6, 6.07) is 22.6. The molecule has 0 atom stereocenters. The smallest absolute Gasteiger partial charge is 0.253 e. The zero-order valence-corrected chi connectivity index (χ0v) is 21.1. The molecule has 0 spiro atoms. The molecule has 36 heavy (non-hydrogen) atoms. The van der Waals surface area contributed by atoms with E-state index in [0.717, 1.165) is 49.0 Å². The van der Waals surface area contributed by atoms with Gasteiger partial charge in [0.1, 0.15) is 0 Å². The van der Waals surface area contributed by atoms with Gasteiger partial charge in [0.2, 0.25) is 0 Å². The van der Waals surface area contributed by atoms with Crippen molar-refractivity contribution < 1.29 is 4.79 Å². The van der Waals surface area contributed by atoms with Crippen molar-refractivity contribution in [2.24, 2.45) is 0 Å². The van der Waals surface area contributed by atoms with Crippen LogP contribution in [0.1, 0.15) is 65.7 Å². The third-order valence-corrected chi connectivity index (χ3v) is 6.73. The van der Waals surface area contributed by atoms with E-state index >= 15 is 0 Å². The van der Waals surface area contributed by atoms with E-state index in [4.69, 9.17) is 0 Å². The molecule has 1 aliphatic carbocycles. The van der Waals surface area contributed by atoms with Gasteiger partial charge in [0.15, 0.2) is 0 Å². The molecule has 0 bridgehead atoms. The molecule has 1 fully saturated rings. The Hall–Kier alpha value is -3.22. The molecule has 4 rings (SSSR count). The molecule has 0 radical (unpaired) electrons. The van der Waals surface area contributed by atoms with Crippen LogP contribution in [0.3, 0.4) is 0 Å². The van der Waals surface area contributed by atoms with Gasteiger partial charge in [0, 0.05) is 31.0 Å². The molecule has 1 aromatic heterocycles. The maximum atomic E-state index is 12.9. The first-order valence-corrected chi connectivity index (χ1v) is 13.3. The van der Waals surface area contributed by atoms with Gasteiger partial charge in [0.05, 0.1) is 17.8 Å². The van der Waals surface area contributed by atoms with Gasteiger partial charge in [-0.05, 0) is 67.7 Å². The van der Waals surface area contributed by atoms with E-state index in [1.54, 1.807) is 6.20 Å². The summed E-state index contributed by atoms with van der Waals surface area (Å²) in [6.07, 6.45) is 9.78. The van der Waals surface area contributed by atoms with Gasteiger partial charge >= 0.3 is 0 Å². The molecule has 0 unspecified atom stereocenters. The number of carbonyl (C=O) groups is 1. The van der Waals surface area contributed by atoms with E-state index in [1.165, 1.54) is 37.7 Å². The molecule has 3 aromatic rings. The Morgan fingerprint density at radius 3 is 2.33 bits per heavy atom. The molecule has 6 heteroatoms. The molecule has 1 amide bonds. The minimum absolute atomic E-state index is 0.0910. The lowest BCUT2D eigenvalue weighted by Gasteiger charge is -2.22. The summed E-state index contributed by atoms with van der Waals surface area (Å²) in [5, 5.41) is 13.6. The van der Waals surface area contributed by atoms with Crippen LogP contribution < -0.4 is 21.3 Å². The molecule has 2 aromatic carbocycles. The summed E-state index contributed by atoms with van der Waals surface area (Å²) in [6.45, 7) is 4.04. The van der Waals surface area contributed by atoms with Gasteiger partial charge in [-0.1, -0.05) is 61.7 Å². The zero-order chi connectivity index (χ0) is 24.8. The highest BCUT2D eigenvalue weighted by Crippen LogP contribution is 2.17. The van der Waals surface area contributed by atoms with Gasteiger partial charge in [-0.25, -0.2) is 0 Å². The van der Waals surface area contributed by atoms with Gasteiger partial charge in [-0.3, -0.25) is 9.78 Å². The molecular formula is C30H39N5O. The van der Waals surface area contributed by atoms with Gasteiger partial charge in [-0.2, -0.15) is 0 Å². The summed E-state index contributed by atoms with van der Waals surface area (Å²) < 4.78 is 0. The minimum Gasteiger partial charge on any atom is -0.379 e. The Kier molecular flexibility index (Phi) is 10.3. The Bertz CT molecular complexity index is 1050. The summed E-state index contributed by atoms with van der Waals surface area (Å²) >= 11 is 0. The molecular weight excluding hydrogens is 446 g/mol. The molecule has 0 aliphatic heterocycles. The normalized spacial score (nSPS) is 13.9. The number of aromatic nitrogens is 1. The average molecular weight is 486 g/mol. The SMILES string of the molecule is O=C(NCc1ccc(CNCCCNC2CCCCC2)cc1)c1ccccc1NCc1ccccn1. The van der Waals surface area contributed by atoms with E-state index in [1.807, 2.05) is 42.5 Å². The first-order chi connectivity index (χ1) is 17.8. The number of carbonyl (C=O) groups excluding carboxylic acids is 1. The number of pyridine rings is 1. The number of hydrogen-bond donors (Lipinski definition) is 4. The highest BCUT2D eigenvalue weighted by Gasteiger charge is 2.12. The highest BCUT2D eigenvalue weighted by atomic mass is 16.1. The Morgan fingerprint density at radius 1 is 0.806 bits per heavy atom. The standard InChI is InChI=1S/C30H39N5O/c36-30(28-12-4-5-13-29(28)34-23-27-11-6-7-19-33-27)35-22-25-16-14-24(15-17-25)21-31-18-8-20-32-26-9-2-1-3-10-26/h4-7,11-17,19,26,31-32,34H,1-3,8-10,18,20-23H2,(H,35,36). The summed E-state index contributed by atoms with van der Waals surface area (Å²) in [7, 11) is 0. The maximum absolute atomic E-state index is 12.9. The Balaban J connectivity index is 1.16. The second-order valence-corrected chi connectivity index (χ2v) is 9.54. The largest absolute Gasteiger partial charge is 0.379 e. The van der Waals surface area contributed by atoms with Crippen molar-refractivity contribution in [1.82, 2.24) is 20.9 Å². The van der Waals surface area contributed by atoms with Crippen LogP contribution in [0.25, 0.3) is 0 Å². The fourth-order valence-electron chi connectivity index (χ4n) is 4.64. The summed E-state index contributed by atoms with van der Waals surface area (Å²) in [4.78, 5) is 17.2. The monoisotopic (exact) mass is 485 g/mol. The summed E-state index contributed by atoms with van der Waals surface area (Å²) in [5.41, 5.74) is 4.71. The first kappa shape index (κ1) is 25.9. The van der Waals surface area contributed by atoms with Crippen molar-refractivity contribution in [2.45, 2.75) is 64.2 Å². The molecule has 6 nitrogen and oxygen atoms in total. The first-order valence-electron chi connectivity index (χ1n) is 13.3. The van der Waals surface area contributed by atoms with Gasteiger partial charge in [-0.15, -0.1) is 0 Å². The quantitative estimate of drug-likeness (QED) is 0.256. The van der Waals surface area contributed by atoms with Crippen LogP contribution in [0.2, 0.25) is 0 Å². The van der Waals surface area contributed by atoms with Crippen molar-refractivity contribution in [3.63, 3.8) is 0 Å². The van der Waals surface area contributed by atoms with Crippen molar-refractivity contribution >= 4 is 11.6 Å². The number of para-hydroxylation sites is 1. The molecule has 0 saturated heterocycles.